The van der Waals surface area contributed by atoms with Crippen LogP contribution in [0.4, 0.5) is 4.39 Å². The van der Waals surface area contributed by atoms with Crippen LogP contribution in [-0.4, -0.2) is 14.8 Å². The van der Waals surface area contributed by atoms with E-state index in [1.165, 1.54) is 23.9 Å². The molecule has 0 aliphatic rings. The Morgan fingerprint density at radius 1 is 1.47 bits per heavy atom. The number of benzene rings is 1. The summed E-state index contributed by atoms with van der Waals surface area (Å²) in [5.74, 6) is 0.816. The number of nitriles is 1. The summed E-state index contributed by atoms with van der Waals surface area (Å²) in [6.45, 7) is 0.323. The van der Waals surface area contributed by atoms with Gasteiger partial charge in [0.2, 0.25) is 0 Å². The van der Waals surface area contributed by atoms with Crippen molar-refractivity contribution >= 4 is 11.8 Å². The Labute approximate surface area is 114 Å². The second-order valence-electron chi connectivity index (χ2n) is 3.86. The molecule has 0 fully saturated rings. The van der Waals surface area contributed by atoms with Gasteiger partial charge < -0.3 is 10.3 Å². The minimum atomic E-state index is -0.408. The number of aromatic nitrogens is 3. The molecule has 1 aromatic carbocycles. The Hall–Kier alpha value is -1.91. The molecule has 0 aliphatic heterocycles. The molecule has 0 saturated heterocycles. The van der Waals surface area contributed by atoms with Gasteiger partial charge in [0, 0.05) is 12.8 Å². The average molecular weight is 277 g/mol. The number of rotatable bonds is 4. The van der Waals surface area contributed by atoms with Crippen molar-refractivity contribution in [2.45, 2.75) is 17.5 Å². The van der Waals surface area contributed by atoms with E-state index in [2.05, 4.69) is 10.2 Å². The second kappa shape index (κ2) is 5.82. The van der Waals surface area contributed by atoms with E-state index in [0.717, 1.165) is 5.56 Å². The van der Waals surface area contributed by atoms with E-state index in [0.29, 0.717) is 28.8 Å². The summed E-state index contributed by atoms with van der Waals surface area (Å²) >= 11 is 1.43. The molecule has 1 heterocycles. The van der Waals surface area contributed by atoms with Gasteiger partial charge in [-0.15, -0.1) is 10.2 Å². The van der Waals surface area contributed by atoms with Crippen molar-refractivity contribution in [1.82, 2.24) is 14.8 Å². The Morgan fingerprint density at radius 2 is 2.26 bits per heavy atom. The van der Waals surface area contributed by atoms with Gasteiger partial charge in [0.1, 0.15) is 11.6 Å². The van der Waals surface area contributed by atoms with Crippen LogP contribution in [0.25, 0.3) is 0 Å². The maximum absolute atomic E-state index is 13.0. The molecule has 2 N–H and O–H groups in total. The fourth-order valence-corrected chi connectivity index (χ4v) is 2.50. The predicted octanol–water partition coefficient (Wildman–Crippen LogP) is 1.58. The largest absolute Gasteiger partial charge is 0.324 e. The van der Waals surface area contributed by atoms with Crippen LogP contribution in [-0.2, 0) is 19.3 Å². The molecule has 98 valence electrons. The molecular formula is C12H12FN5S. The first-order chi connectivity index (χ1) is 9.15. The lowest BCUT2D eigenvalue weighted by atomic mass is 10.1. The molecule has 0 amide bonds. The van der Waals surface area contributed by atoms with Gasteiger partial charge in [-0.1, -0.05) is 17.8 Å². The van der Waals surface area contributed by atoms with Gasteiger partial charge in [0.15, 0.2) is 5.16 Å². The van der Waals surface area contributed by atoms with Crippen LogP contribution in [0.3, 0.4) is 0 Å². The normalized spacial score (nSPS) is 10.4. The Kier molecular flexibility index (Phi) is 4.14. The highest BCUT2D eigenvalue weighted by Crippen LogP contribution is 2.23. The van der Waals surface area contributed by atoms with Crippen LogP contribution in [0.15, 0.2) is 23.4 Å². The van der Waals surface area contributed by atoms with E-state index >= 15 is 0 Å². The first kappa shape index (κ1) is 13.5. The van der Waals surface area contributed by atoms with Crippen molar-refractivity contribution in [2.75, 3.05) is 0 Å². The Balaban J connectivity index is 2.15. The number of hydrogen-bond acceptors (Lipinski definition) is 5. The third kappa shape index (κ3) is 2.92. The van der Waals surface area contributed by atoms with Gasteiger partial charge in [0.25, 0.3) is 0 Å². The topological polar surface area (TPSA) is 80.5 Å². The number of hydrogen-bond donors (Lipinski definition) is 1. The zero-order valence-electron chi connectivity index (χ0n) is 10.3. The molecule has 7 heteroatoms. The molecular weight excluding hydrogens is 265 g/mol. The summed E-state index contributed by atoms with van der Waals surface area (Å²) in [4.78, 5) is 0. The highest BCUT2D eigenvalue weighted by atomic mass is 32.2. The molecule has 2 rings (SSSR count). The number of nitrogens with two attached hydrogens (primary N) is 1. The summed E-state index contributed by atoms with van der Waals surface area (Å²) in [5, 5.41) is 17.6. The van der Waals surface area contributed by atoms with Crippen LogP contribution >= 0.6 is 11.8 Å². The van der Waals surface area contributed by atoms with Crippen LogP contribution in [0, 0.1) is 17.1 Å². The van der Waals surface area contributed by atoms with E-state index in [9.17, 15) is 4.39 Å². The molecule has 0 bridgehead atoms. The molecule has 19 heavy (non-hydrogen) atoms. The Bertz CT molecular complexity index is 632. The first-order valence-corrected chi connectivity index (χ1v) is 6.54. The summed E-state index contributed by atoms with van der Waals surface area (Å²) in [6, 6.07) is 6.18. The van der Waals surface area contributed by atoms with Gasteiger partial charge in [-0.3, -0.25) is 0 Å². The van der Waals surface area contributed by atoms with E-state index in [1.54, 1.807) is 10.6 Å². The third-order valence-corrected chi connectivity index (χ3v) is 3.73. The second-order valence-corrected chi connectivity index (χ2v) is 4.81. The lowest BCUT2D eigenvalue weighted by Crippen LogP contribution is -2.05. The van der Waals surface area contributed by atoms with Crippen molar-refractivity contribution < 1.29 is 4.39 Å². The summed E-state index contributed by atoms with van der Waals surface area (Å²) < 4.78 is 14.8. The van der Waals surface area contributed by atoms with Gasteiger partial charge >= 0.3 is 0 Å². The van der Waals surface area contributed by atoms with Crippen molar-refractivity contribution in [1.29, 1.82) is 5.26 Å². The van der Waals surface area contributed by atoms with Crippen molar-refractivity contribution in [3.8, 4) is 6.07 Å². The number of thioether (sulfide) groups is 1. The zero-order valence-corrected chi connectivity index (χ0v) is 11.1. The van der Waals surface area contributed by atoms with Crippen LogP contribution in [0.2, 0.25) is 0 Å². The maximum Gasteiger partial charge on any atom is 0.191 e. The molecule has 0 unspecified atom stereocenters. The SMILES string of the molecule is Cn1c(CN)nnc1SCc1ccc(F)cc1C#N. The lowest BCUT2D eigenvalue weighted by Gasteiger charge is -2.04. The molecule has 0 radical (unpaired) electrons. The van der Waals surface area contributed by atoms with Crippen molar-refractivity contribution in [2.24, 2.45) is 12.8 Å². The third-order valence-electron chi connectivity index (χ3n) is 2.66. The fraction of sp³-hybridized carbons (Fsp3) is 0.250. The van der Waals surface area contributed by atoms with Crippen LogP contribution < -0.4 is 5.73 Å². The number of nitrogens with zero attached hydrogens (tertiary/aromatic N) is 4. The Morgan fingerprint density at radius 3 is 2.89 bits per heavy atom. The fourth-order valence-electron chi connectivity index (χ4n) is 1.57. The molecule has 0 atom stereocenters. The smallest absolute Gasteiger partial charge is 0.191 e. The molecule has 0 aliphatic carbocycles. The minimum Gasteiger partial charge on any atom is -0.324 e. The minimum absolute atomic E-state index is 0.323. The van der Waals surface area contributed by atoms with Gasteiger partial charge in [0.05, 0.1) is 18.2 Å². The van der Waals surface area contributed by atoms with Gasteiger partial charge in [-0.25, -0.2) is 4.39 Å². The maximum atomic E-state index is 13.0. The standard InChI is InChI=1S/C12H12FN5S/c1-18-11(6-15)16-17-12(18)19-7-8-2-3-10(13)4-9(8)5-14/h2-4H,6-7,15H2,1H3. The predicted molar refractivity (Wildman–Crippen MR) is 69.6 cm³/mol. The first-order valence-electron chi connectivity index (χ1n) is 5.55. The highest BCUT2D eigenvalue weighted by Gasteiger charge is 2.10. The average Bonchev–Trinajstić information content (AvgIpc) is 2.77. The summed E-state index contributed by atoms with van der Waals surface area (Å²) in [6.07, 6.45) is 0. The summed E-state index contributed by atoms with van der Waals surface area (Å²) in [7, 11) is 1.83. The quantitative estimate of drug-likeness (QED) is 0.858. The van der Waals surface area contributed by atoms with E-state index in [1.807, 2.05) is 13.1 Å². The van der Waals surface area contributed by atoms with Gasteiger partial charge in [-0.2, -0.15) is 5.26 Å². The van der Waals surface area contributed by atoms with Crippen LogP contribution in [0.5, 0.6) is 0 Å². The summed E-state index contributed by atoms with van der Waals surface area (Å²) in [5.41, 5.74) is 6.63. The molecule has 0 spiro atoms. The molecule has 0 saturated carbocycles. The van der Waals surface area contributed by atoms with Crippen LogP contribution in [0.1, 0.15) is 17.0 Å². The molecule has 1 aromatic heterocycles. The molecule has 2 aromatic rings. The van der Waals surface area contributed by atoms with Crippen molar-refractivity contribution in [3.63, 3.8) is 0 Å². The van der Waals surface area contributed by atoms with Crippen molar-refractivity contribution in [3.05, 3.63) is 41.0 Å². The monoisotopic (exact) mass is 277 g/mol. The number of halogens is 1. The zero-order chi connectivity index (χ0) is 13.8. The highest BCUT2D eigenvalue weighted by molar-refractivity contribution is 7.98. The molecule has 5 nitrogen and oxygen atoms in total. The van der Waals surface area contributed by atoms with Gasteiger partial charge in [-0.05, 0) is 17.7 Å². The van der Waals surface area contributed by atoms with E-state index < -0.39 is 5.82 Å². The lowest BCUT2D eigenvalue weighted by molar-refractivity contribution is 0.627. The van der Waals surface area contributed by atoms with E-state index in [4.69, 9.17) is 11.0 Å². The van der Waals surface area contributed by atoms with E-state index in [-0.39, 0.29) is 0 Å².